The normalized spacial score (nSPS) is 14.1. The number of amides is 2. The van der Waals surface area contributed by atoms with E-state index in [1.54, 1.807) is 7.05 Å². The van der Waals surface area contributed by atoms with Crippen molar-refractivity contribution < 1.29 is 9.59 Å². The molecule has 8 heteroatoms. The number of rotatable bonds is 9. The Balaban J connectivity index is 3.82. The first-order valence-corrected chi connectivity index (χ1v) is 6.52. The van der Waals surface area contributed by atoms with Gasteiger partial charge in [0.2, 0.25) is 11.8 Å². The lowest BCUT2D eigenvalue weighted by atomic mass is 10.3. The molecule has 2 amide bonds. The summed E-state index contributed by atoms with van der Waals surface area (Å²) in [7, 11) is 1.57. The molecule has 0 saturated heterocycles. The largest absolute Gasteiger partial charge is 0.368 e. The van der Waals surface area contributed by atoms with Crippen LogP contribution < -0.4 is 21.7 Å². The van der Waals surface area contributed by atoms with Gasteiger partial charge in [-0.2, -0.15) is 25.3 Å². The van der Waals surface area contributed by atoms with Crippen LogP contribution in [0.2, 0.25) is 0 Å². The molecule has 0 unspecified atom stereocenters. The van der Waals surface area contributed by atoms with E-state index in [1.165, 1.54) is 0 Å². The summed E-state index contributed by atoms with van der Waals surface area (Å²) >= 11 is 8.08. The lowest BCUT2D eigenvalue weighted by molar-refractivity contribution is -0.122. The molecule has 0 spiro atoms. The topological polar surface area (TPSA) is 96.2 Å². The lowest BCUT2D eigenvalue weighted by Crippen LogP contribution is -2.49. The lowest BCUT2D eigenvalue weighted by Gasteiger charge is -2.17. The molecule has 0 aliphatic carbocycles. The van der Waals surface area contributed by atoms with Gasteiger partial charge in [-0.05, 0) is 0 Å². The first kappa shape index (κ1) is 16.6. The van der Waals surface area contributed by atoms with Crippen molar-refractivity contribution in [1.29, 1.82) is 0 Å². The van der Waals surface area contributed by atoms with Gasteiger partial charge >= 0.3 is 0 Å². The van der Waals surface area contributed by atoms with Crippen molar-refractivity contribution in [3.8, 4) is 0 Å². The third-order valence-electron chi connectivity index (χ3n) is 2.18. The van der Waals surface area contributed by atoms with E-state index in [1.807, 2.05) is 0 Å². The molecule has 0 saturated carbocycles. The van der Waals surface area contributed by atoms with Crippen LogP contribution in [0, 0.1) is 0 Å². The van der Waals surface area contributed by atoms with Gasteiger partial charge in [0.05, 0.1) is 12.1 Å². The van der Waals surface area contributed by atoms with Crippen molar-refractivity contribution in [3.63, 3.8) is 0 Å². The van der Waals surface area contributed by atoms with E-state index in [4.69, 9.17) is 5.73 Å². The number of primary amides is 1. The standard InChI is InChI=1S/C9H20N4O2S2/c1-11-9(15)7(5-17)13-3-2-12-6(4-16)8(10)14/h6-7,12-13,16-17H,2-5H2,1H3,(H2,10,14)(H,11,15)/t6-,7-/m0/s1. The summed E-state index contributed by atoms with van der Waals surface area (Å²) in [6.07, 6.45) is 0. The zero-order valence-electron chi connectivity index (χ0n) is 9.77. The molecule has 0 rings (SSSR count). The first-order valence-electron chi connectivity index (χ1n) is 5.26. The average Bonchev–Trinajstić information content (AvgIpc) is 2.32. The van der Waals surface area contributed by atoms with E-state index >= 15 is 0 Å². The summed E-state index contributed by atoms with van der Waals surface area (Å²) in [5, 5.41) is 8.48. The van der Waals surface area contributed by atoms with Crippen LogP contribution in [-0.2, 0) is 9.59 Å². The second kappa shape index (κ2) is 9.58. The molecule has 0 bridgehead atoms. The fourth-order valence-electron chi connectivity index (χ4n) is 1.16. The maximum Gasteiger partial charge on any atom is 0.237 e. The molecular weight excluding hydrogens is 260 g/mol. The zero-order chi connectivity index (χ0) is 13.3. The molecule has 17 heavy (non-hydrogen) atoms. The van der Waals surface area contributed by atoms with Crippen LogP contribution in [0.15, 0.2) is 0 Å². The van der Waals surface area contributed by atoms with Crippen molar-refractivity contribution in [2.75, 3.05) is 31.6 Å². The second-order valence-corrected chi connectivity index (χ2v) is 4.13. The Bertz CT molecular complexity index is 253. The van der Waals surface area contributed by atoms with Crippen LogP contribution in [0.1, 0.15) is 0 Å². The number of hydrogen-bond donors (Lipinski definition) is 6. The highest BCUT2D eigenvalue weighted by Crippen LogP contribution is 1.88. The number of hydrogen-bond acceptors (Lipinski definition) is 6. The van der Waals surface area contributed by atoms with Crippen LogP contribution in [0.4, 0.5) is 0 Å². The first-order chi connectivity index (χ1) is 8.06. The van der Waals surface area contributed by atoms with Crippen molar-refractivity contribution in [2.24, 2.45) is 5.73 Å². The van der Waals surface area contributed by atoms with Gasteiger partial charge in [0.25, 0.3) is 0 Å². The Morgan fingerprint density at radius 2 is 1.59 bits per heavy atom. The summed E-state index contributed by atoms with van der Waals surface area (Å²) in [6, 6.07) is -0.789. The quantitative estimate of drug-likeness (QED) is 0.217. The van der Waals surface area contributed by atoms with E-state index in [2.05, 4.69) is 41.2 Å². The Morgan fingerprint density at radius 1 is 1.12 bits per heavy atom. The van der Waals surface area contributed by atoms with E-state index in [9.17, 15) is 9.59 Å². The Kier molecular flexibility index (Phi) is 9.33. The number of thiol groups is 2. The maximum absolute atomic E-state index is 11.3. The predicted molar refractivity (Wildman–Crippen MR) is 74.5 cm³/mol. The fourth-order valence-corrected chi connectivity index (χ4v) is 1.77. The van der Waals surface area contributed by atoms with Gasteiger partial charge in [-0.1, -0.05) is 0 Å². The predicted octanol–water partition coefficient (Wildman–Crippen LogP) is -2.01. The van der Waals surface area contributed by atoms with E-state index in [-0.39, 0.29) is 11.9 Å². The minimum Gasteiger partial charge on any atom is -0.368 e. The minimum absolute atomic E-state index is 0.111. The third kappa shape index (κ3) is 6.77. The molecule has 0 aromatic heterocycles. The van der Waals surface area contributed by atoms with Gasteiger partial charge in [-0.3, -0.25) is 9.59 Å². The van der Waals surface area contributed by atoms with Crippen molar-refractivity contribution in [2.45, 2.75) is 12.1 Å². The monoisotopic (exact) mass is 280 g/mol. The molecule has 0 aliphatic rings. The summed E-state index contributed by atoms with van der Waals surface area (Å²) in [6.45, 7) is 1.06. The second-order valence-electron chi connectivity index (χ2n) is 3.40. The number of carbonyl (C=O) groups is 2. The molecule has 5 N–H and O–H groups in total. The number of carbonyl (C=O) groups excluding carboxylic acids is 2. The summed E-state index contributed by atoms with van der Waals surface area (Å²) < 4.78 is 0. The molecule has 0 fully saturated rings. The summed E-state index contributed by atoms with van der Waals surface area (Å²) in [5.41, 5.74) is 5.14. The highest BCUT2D eigenvalue weighted by molar-refractivity contribution is 7.80. The summed E-state index contributed by atoms with van der Waals surface area (Å²) in [5.74, 6) is 0.212. The molecule has 0 aliphatic heterocycles. The molecule has 2 atom stereocenters. The van der Waals surface area contributed by atoms with E-state index in [0.717, 1.165) is 0 Å². The molecule has 6 nitrogen and oxygen atoms in total. The Morgan fingerprint density at radius 3 is 1.94 bits per heavy atom. The third-order valence-corrected chi connectivity index (χ3v) is 2.91. The highest BCUT2D eigenvalue weighted by atomic mass is 32.1. The zero-order valence-corrected chi connectivity index (χ0v) is 11.6. The Labute approximate surface area is 112 Å². The van der Waals surface area contributed by atoms with Crippen LogP contribution in [0.3, 0.4) is 0 Å². The highest BCUT2D eigenvalue weighted by Gasteiger charge is 2.15. The molecule has 0 aromatic rings. The Hall–Kier alpha value is -0.440. The number of nitrogens with two attached hydrogens (primary N) is 1. The van der Waals surface area contributed by atoms with Gasteiger partial charge in [0.15, 0.2) is 0 Å². The van der Waals surface area contributed by atoms with Gasteiger partial charge < -0.3 is 21.7 Å². The molecule has 0 heterocycles. The van der Waals surface area contributed by atoms with Crippen LogP contribution in [0.25, 0.3) is 0 Å². The van der Waals surface area contributed by atoms with Gasteiger partial charge in [0.1, 0.15) is 0 Å². The van der Waals surface area contributed by atoms with Crippen LogP contribution in [-0.4, -0.2) is 55.5 Å². The molecule has 0 aromatic carbocycles. The van der Waals surface area contributed by atoms with Crippen molar-refractivity contribution >= 4 is 37.1 Å². The summed E-state index contributed by atoms with van der Waals surface area (Å²) in [4.78, 5) is 22.2. The van der Waals surface area contributed by atoms with Gasteiger partial charge in [-0.15, -0.1) is 0 Å². The maximum atomic E-state index is 11.3. The van der Waals surface area contributed by atoms with Crippen LogP contribution >= 0.6 is 25.3 Å². The number of nitrogens with one attached hydrogen (secondary N) is 3. The van der Waals surface area contributed by atoms with Crippen molar-refractivity contribution in [1.82, 2.24) is 16.0 Å². The fraction of sp³-hybridized carbons (Fsp3) is 0.778. The number of likely N-dealkylation sites (N-methyl/N-ethyl adjacent to an activating group) is 1. The van der Waals surface area contributed by atoms with E-state index < -0.39 is 11.9 Å². The smallest absolute Gasteiger partial charge is 0.237 e. The van der Waals surface area contributed by atoms with E-state index in [0.29, 0.717) is 24.6 Å². The molecule has 0 radical (unpaired) electrons. The molecular formula is C9H20N4O2S2. The minimum atomic E-state index is -0.449. The van der Waals surface area contributed by atoms with Crippen LogP contribution in [0.5, 0.6) is 0 Å². The van der Waals surface area contributed by atoms with Gasteiger partial charge in [-0.25, -0.2) is 0 Å². The van der Waals surface area contributed by atoms with Gasteiger partial charge in [0, 0.05) is 31.6 Å². The SMILES string of the molecule is CNC(=O)[C@H](CS)NCCN[C@@H](CS)C(N)=O. The average molecular weight is 280 g/mol. The molecule has 100 valence electrons. The van der Waals surface area contributed by atoms with Crippen molar-refractivity contribution in [3.05, 3.63) is 0 Å².